The first-order chi connectivity index (χ1) is 18.9. The second-order valence-electron chi connectivity index (χ2n) is 10.9. The number of benzene rings is 1. The topological polar surface area (TPSA) is 137 Å². The van der Waals surface area contributed by atoms with Crippen LogP contribution in [0, 0.1) is 11.3 Å². The van der Waals surface area contributed by atoms with Crippen molar-refractivity contribution in [2.24, 2.45) is 11.3 Å². The number of carboxylic acids is 1. The van der Waals surface area contributed by atoms with Crippen LogP contribution in [0.4, 0.5) is 4.79 Å². The summed E-state index contributed by atoms with van der Waals surface area (Å²) in [6.07, 6.45) is 11.4. The van der Waals surface area contributed by atoms with Crippen LogP contribution in [-0.4, -0.2) is 70.7 Å². The van der Waals surface area contributed by atoms with Gasteiger partial charge in [-0.2, -0.15) is 0 Å². The van der Waals surface area contributed by atoms with Crippen LogP contribution in [0.2, 0.25) is 0 Å². The molecule has 1 atom stereocenters. The number of carboxylic acid groups (broad SMARTS) is 1. The van der Waals surface area contributed by atoms with Gasteiger partial charge in [0.2, 0.25) is 5.91 Å². The Labute approximate surface area is 229 Å². The van der Waals surface area contributed by atoms with Crippen molar-refractivity contribution in [3.05, 3.63) is 48.0 Å². The number of aliphatic carboxylic acids is 1. The summed E-state index contributed by atoms with van der Waals surface area (Å²) in [5.74, 6) is 0.399. The normalized spacial score (nSPS) is 17.9. The Morgan fingerprint density at radius 3 is 2.51 bits per heavy atom. The number of carbonyl (C=O) groups is 3. The molecule has 0 spiro atoms. The van der Waals surface area contributed by atoms with E-state index in [0.29, 0.717) is 44.8 Å². The van der Waals surface area contributed by atoms with E-state index in [1.54, 1.807) is 19.6 Å². The van der Waals surface area contributed by atoms with Gasteiger partial charge in [-0.05, 0) is 61.1 Å². The molecular formula is C29H41N5O5. The fourth-order valence-electron chi connectivity index (χ4n) is 6.29. The van der Waals surface area contributed by atoms with Crippen molar-refractivity contribution in [3.8, 4) is 5.75 Å². The minimum atomic E-state index is -0.756. The fourth-order valence-corrected chi connectivity index (χ4v) is 6.29. The van der Waals surface area contributed by atoms with E-state index in [0.717, 1.165) is 42.7 Å². The molecule has 1 saturated carbocycles. The van der Waals surface area contributed by atoms with Crippen molar-refractivity contribution in [2.45, 2.75) is 70.3 Å². The number of hydrogen-bond acceptors (Lipinski definition) is 5. The molecule has 1 saturated heterocycles. The van der Waals surface area contributed by atoms with E-state index >= 15 is 0 Å². The highest BCUT2D eigenvalue weighted by molar-refractivity contribution is 5.87. The molecule has 1 aliphatic heterocycles. The van der Waals surface area contributed by atoms with E-state index in [2.05, 4.69) is 20.6 Å². The molecule has 4 rings (SSSR count). The number of aromatic nitrogens is 2. The molecule has 2 heterocycles. The molecule has 1 aromatic carbocycles. The predicted molar refractivity (Wildman–Crippen MR) is 146 cm³/mol. The van der Waals surface area contributed by atoms with Crippen LogP contribution < -0.4 is 15.4 Å². The fraction of sp³-hybridized carbons (Fsp3) is 0.586. The third-order valence-corrected chi connectivity index (χ3v) is 8.57. The molecule has 2 aromatic rings. The monoisotopic (exact) mass is 539 g/mol. The maximum absolute atomic E-state index is 13.8. The molecule has 212 valence electrons. The van der Waals surface area contributed by atoms with E-state index in [1.807, 2.05) is 29.2 Å². The maximum Gasteiger partial charge on any atom is 0.315 e. The van der Waals surface area contributed by atoms with Crippen LogP contribution >= 0.6 is 0 Å². The highest BCUT2D eigenvalue weighted by atomic mass is 16.5. The molecular weight excluding hydrogens is 498 g/mol. The first-order valence-corrected chi connectivity index (χ1v) is 14.0. The smallest absolute Gasteiger partial charge is 0.315 e. The van der Waals surface area contributed by atoms with Gasteiger partial charge in [-0.15, -0.1) is 0 Å². The summed E-state index contributed by atoms with van der Waals surface area (Å²) in [5.41, 5.74) is 1.82. The summed E-state index contributed by atoms with van der Waals surface area (Å²) in [6, 6.07) is 6.40. The number of nitrogens with one attached hydrogen (secondary N) is 3. The number of amides is 3. The Bertz CT molecular complexity index is 1070. The lowest BCUT2D eigenvalue weighted by Crippen LogP contribution is -2.55. The van der Waals surface area contributed by atoms with Crippen LogP contribution in [0.1, 0.15) is 62.6 Å². The molecule has 4 N–H and O–H groups in total. The second-order valence-corrected chi connectivity index (χ2v) is 10.9. The SMILES string of the molecule is COc1ccc(CC(NC(=O)NCCc2cnc[nH]2)C(=O)N2CCC(CCC(=O)O)(C3CCCC3)CC2)cc1. The average Bonchev–Trinajstić information content (AvgIpc) is 3.67. The van der Waals surface area contributed by atoms with E-state index in [9.17, 15) is 19.5 Å². The zero-order valence-electron chi connectivity index (χ0n) is 22.8. The van der Waals surface area contributed by atoms with Crippen LogP contribution in [0.3, 0.4) is 0 Å². The number of aromatic amines is 1. The molecule has 39 heavy (non-hydrogen) atoms. The van der Waals surface area contributed by atoms with Crippen LogP contribution in [-0.2, 0) is 22.4 Å². The van der Waals surface area contributed by atoms with Gasteiger partial charge in [0.15, 0.2) is 0 Å². The van der Waals surface area contributed by atoms with E-state index in [1.165, 1.54) is 12.8 Å². The third kappa shape index (κ3) is 7.74. The number of nitrogens with zero attached hydrogens (tertiary/aromatic N) is 2. The van der Waals surface area contributed by atoms with Gasteiger partial charge >= 0.3 is 12.0 Å². The quantitative estimate of drug-likeness (QED) is 0.326. The molecule has 10 nitrogen and oxygen atoms in total. The summed E-state index contributed by atoms with van der Waals surface area (Å²) in [5, 5.41) is 15.1. The molecule has 2 aliphatic rings. The Hall–Kier alpha value is -3.56. The maximum atomic E-state index is 13.8. The van der Waals surface area contributed by atoms with Crippen LogP contribution in [0.25, 0.3) is 0 Å². The number of H-pyrrole nitrogens is 1. The summed E-state index contributed by atoms with van der Waals surface area (Å²) in [4.78, 5) is 46.8. The summed E-state index contributed by atoms with van der Waals surface area (Å²) < 4.78 is 5.25. The molecule has 1 unspecified atom stereocenters. The zero-order chi connectivity index (χ0) is 27.7. The Balaban J connectivity index is 1.41. The third-order valence-electron chi connectivity index (χ3n) is 8.57. The predicted octanol–water partition coefficient (Wildman–Crippen LogP) is 3.54. The molecule has 1 aromatic heterocycles. The average molecular weight is 540 g/mol. The number of urea groups is 1. The lowest BCUT2D eigenvalue weighted by molar-refractivity contribution is -0.140. The van der Waals surface area contributed by atoms with Crippen molar-refractivity contribution in [3.63, 3.8) is 0 Å². The van der Waals surface area contributed by atoms with E-state index in [-0.39, 0.29) is 23.8 Å². The first kappa shape index (κ1) is 28.4. The Kier molecular flexibility index (Phi) is 9.84. The van der Waals surface area contributed by atoms with Crippen molar-refractivity contribution in [1.82, 2.24) is 25.5 Å². The molecule has 2 fully saturated rings. The zero-order valence-corrected chi connectivity index (χ0v) is 22.8. The van der Waals surface area contributed by atoms with Crippen LogP contribution in [0.5, 0.6) is 5.75 Å². The standard InChI is InChI=1S/C29H41N5O5/c1-39-24-8-6-21(7-9-24)18-25(33-28(38)31-15-11-23-19-30-20-32-23)27(37)34-16-13-29(14-17-34,12-10-26(35)36)22-4-2-3-5-22/h6-9,19-20,22,25H,2-5,10-18H2,1H3,(H,30,32)(H,35,36)(H2,31,33,38). The number of hydrogen-bond donors (Lipinski definition) is 4. The molecule has 1 aliphatic carbocycles. The summed E-state index contributed by atoms with van der Waals surface area (Å²) in [6.45, 7) is 1.57. The van der Waals surface area contributed by atoms with E-state index < -0.39 is 12.0 Å². The lowest BCUT2D eigenvalue weighted by atomic mass is 9.65. The van der Waals surface area contributed by atoms with Gasteiger partial charge in [-0.3, -0.25) is 9.59 Å². The summed E-state index contributed by atoms with van der Waals surface area (Å²) in [7, 11) is 1.61. The Morgan fingerprint density at radius 2 is 1.90 bits per heavy atom. The number of ether oxygens (including phenoxy) is 1. The van der Waals surface area contributed by atoms with Gasteiger partial charge in [0.25, 0.3) is 0 Å². The van der Waals surface area contributed by atoms with Gasteiger partial charge < -0.3 is 30.4 Å². The number of imidazole rings is 1. The number of carbonyl (C=O) groups excluding carboxylic acids is 2. The highest BCUT2D eigenvalue weighted by Crippen LogP contribution is 2.49. The van der Waals surface area contributed by atoms with Gasteiger partial charge in [-0.1, -0.05) is 25.0 Å². The van der Waals surface area contributed by atoms with Crippen molar-refractivity contribution in [1.29, 1.82) is 0 Å². The number of rotatable bonds is 12. The van der Waals surface area contributed by atoms with Crippen molar-refractivity contribution >= 4 is 17.9 Å². The minimum absolute atomic E-state index is 0.0192. The summed E-state index contributed by atoms with van der Waals surface area (Å²) >= 11 is 0. The van der Waals surface area contributed by atoms with Gasteiger partial charge in [0, 0.05) is 50.8 Å². The molecule has 10 heteroatoms. The van der Waals surface area contributed by atoms with Crippen molar-refractivity contribution in [2.75, 3.05) is 26.7 Å². The number of piperidine rings is 1. The van der Waals surface area contributed by atoms with Gasteiger partial charge in [0.05, 0.1) is 13.4 Å². The Morgan fingerprint density at radius 1 is 1.18 bits per heavy atom. The first-order valence-electron chi connectivity index (χ1n) is 14.0. The largest absolute Gasteiger partial charge is 0.497 e. The number of likely N-dealkylation sites (tertiary alicyclic amines) is 1. The highest BCUT2D eigenvalue weighted by Gasteiger charge is 2.43. The van der Waals surface area contributed by atoms with Crippen LogP contribution in [0.15, 0.2) is 36.8 Å². The minimum Gasteiger partial charge on any atom is -0.497 e. The second kappa shape index (κ2) is 13.5. The molecule has 0 bridgehead atoms. The van der Waals surface area contributed by atoms with Gasteiger partial charge in [-0.25, -0.2) is 9.78 Å². The van der Waals surface area contributed by atoms with Crippen molar-refractivity contribution < 1.29 is 24.2 Å². The molecule has 0 radical (unpaired) electrons. The number of methoxy groups -OCH3 is 1. The lowest BCUT2D eigenvalue weighted by Gasteiger charge is -2.46. The van der Waals surface area contributed by atoms with E-state index in [4.69, 9.17) is 4.74 Å². The molecule has 3 amide bonds. The van der Waals surface area contributed by atoms with Gasteiger partial charge in [0.1, 0.15) is 11.8 Å².